The SMILES string of the molecule is CCCNc1ccc(CN(C)C)cc1[N+](=O)[O-]. The highest BCUT2D eigenvalue weighted by Crippen LogP contribution is 2.25. The van der Waals surface area contributed by atoms with E-state index in [4.69, 9.17) is 0 Å². The van der Waals surface area contributed by atoms with E-state index in [0.717, 1.165) is 18.5 Å². The number of hydrogen-bond donors (Lipinski definition) is 1. The van der Waals surface area contributed by atoms with Crippen molar-refractivity contribution in [1.82, 2.24) is 4.90 Å². The van der Waals surface area contributed by atoms with Crippen LogP contribution in [0, 0.1) is 10.1 Å². The average Bonchev–Trinajstić information content (AvgIpc) is 2.26. The zero-order valence-electron chi connectivity index (χ0n) is 10.6. The van der Waals surface area contributed by atoms with Crippen molar-refractivity contribution in [1.29, 1.82) is 0 Å². The van der Waals surface area contributed by atoms with Crippen LogP contribution in [0.15, 0.2) is 18.2 Å². The van der Waals surface area contributed by atoms with Crippen LogP contribution in [0.3, 0.4) is 0 Å². The Kier molecular flexibility index (Phi) is 4.90. The lowest BCUT2D eigenvalue weighted by Crippen LogP contribution is -2.11. The predicted octanol–water partition coefficient (Wildman–Crippen LogP) is 2.48. The first kappa shape index (κ1) is 13.4. The van der Waals surface area contributed by atoms with Gasteiger partial charge in [0, 0.05) is 19.2 Å². The zero-order chi connectivity index (χ0) is 12.8. The van der Waals surface area contributed by atoms with Gasteiger partial charge < -0.3 is 10.2 Å². The molecule has 0 aromatic heterocycles. The molecule has 1 aromatic carbocycles. The van der Waals surface area contributed by atoms with Gasteiger partial charge in [0.2, 0.25) is 0 Å². The fourth-order valence-corrected chi connectivity index (χ4v) is 1.60. The van der Waals surface area contributed by atoms with Gasteiger partial charge in [0.25, 0.3) is 5.69 Å². The number of nitro benzene ring substituents is 1. The largest absolute Gasteiger partial charge is 0.380 e. The average molecular weight is 237 g/mol. The molecule has 0 fully saturated rings. The molecule has 1 N–H and O–H groups in total. The van der Waals surface area contributed by atoms with E-state index in [1.165, 1.54) is 0 Å². The number of benzene rings is 1. The first-order chi connectivity index (χ1) is 8.04. The molecule has 0 heterocycles. The smallest absolute Gasteiger partial charge is 0.292 e. The summed E-state index contributed by atoms with van der Waals surface area (Å²) in [5, 5.41) is 14.0. The van der Waals surface area contributed by atoms with Gasteiger partial charge in [-0.05, 0) is 32.1 Å². The van der Waals surface area contributed by atoms with E-state index in [-0.39, 0.29) is 10.6 Å². The number of nitro groups is 1. The molecule has 0 amide bonds. The lowest BCUT2D eigenvalue weighted by atomic mass is 10.1. The minimum Gasteiger partial charge on any atom is -0.380 e. The summed E-state index contributed by atoms with van der Waals surface area (Å²) in [6.45, 7) is 3.47. The highest BCUT2D eigenvalue weighted by Gasteiger charge is 2.14. The van der Waals surface area contributed by atoms with Crippen LogP contribution in [0.5, 0.6) is 0 Å². The van der Waals surface area contributed by atoms with Crippen molar-refractivity contribution >= 4 is 11.4 Å². The molecule has 0 aliphatic heterocycles. The van der Waals surface area contributed by atoms with Crippen molar-refractivity contribution in [3.8, 4) is 0 Å². The van der Waals surface area contributed by atoms with Gasteiger partial charge in [-0.3, -0.25) is 10.1 Å². The number of rotatable bonds is 6. The Balaban J connectivity index is 2.95. The summed E-state index contributed by atoms with van der Waals surface area (Å²) in [5.41, 5.74) is 1.70. The molecule has 1 aromatic rings. The molecule has 0 aliphatic carbocycles. The number of nitrogens with one attached hydrogen (secondary N) is 1. The molecule has 0 bridgehead atoms. The van der Waals surface area contributed by atoms with E-state index in [0.29, 0.717) is 12.2 Å². The molecule has 94 valence electrons. The summed E-state index contributed by atoms with van der Waals surface area (Å²) in [4.78, 5) is 12.6. The van der Waals surface area contributed by atoms with E-state index < -0.39 is 0 Å². The fraction of sp³-hybridized carbons (Fsp3) is 0.500. The Morgan fingerprint density at radius 3 is 2.65 bits per heavy atom. The van der Waals surface area contributed by atoms with Crippen molar-refractivity contribution < 1.29 is 4.92 Å². The lowest BCUT2D eigenvalue weighted by molar-refractivity contribution is -0.384. The Morgan fingerprint density at radius 2 is 2.12 bits per heavy atom. The summed E-state index contributed by atoms with van der Waals surface area (Å²) >= 11 is 0. The van der Waals surface area contributed by atoms with Gasteiger partial charge in [-0.15, -0.1) is 0 Å². The summed E-state index contributed by atoms with van der Waals surface area (Å²) < 4.78 is 0. The van der Waals surface area contributed by atoms with E-state index in [1.54, 1.807) is 12.1 Å². The van der Waals surface area contributed by atoms with Crippen LogP contribution in [0.1, 0.15) is 18.9 Å². The molecule has 0 aliphatic rings. The van der Waals surface area contributed by atoms with E-state index in [1.807, 2.05) is 32.0 Å². The Morgan fingerprint density at radius 1 is 1.41 bits per heavy atom. The standard InChI is InChI=1S/C12H19N3O2/c1-4-7-13-11-6-5-10(9-14(2)3)8-12(11)15(16)17/h5-6,8,13H,4,7,9H2,1-3H3. The highest BCUT2D eigenvalue weighted by atomic mass is 16.6. The topological polar surface area (TPSA) is 58.4 Å². The van der Waals surface area contributed by atoms with Crippen LogP contribution >= 0.6 is 0 Å². The molecule has 0 saturated carbocycles. The Bertz CT molecular complexity index is 391. The first-order valence-electron chi connectivity index (χ1n) is 5.70. The van der Waals surface area contributed by atoms with Crippen molar-refractivity contribution in [2.45, 2.75) is 19.9 Å². The lowest BCUT2D eigenvalue weighted by Gasteiger charge is -2.11. The van der Waals surface area contributed by atoms with Crippen molar-refractivity contribution in [2.24, 2.45) is 0 Å². The molecule has 0 saturated heterocycles. The second-order valence-electron chi connectivity index (χ2n) is 4.27. The van der Waals surface area contributed by atoms with Crippen LogP contribution < -0.4 is 5.32 Å². The maximum Gasteiger partial charge on any atom is 0.292 e. The van der Waals surface area contributed by atoms with Crippen LogP contribution in [-0.2, 0) is 6.54 Å². The van der Waals surface area contributed by atoms with Gasteiger partial charge in [-0.25, -0.2) is 0 Å². The van der Waals surface area contributed by atoms with Gasteiger partial charge in [0.05, 0.1) is 4.92 Å². The molecule has 0 radical (unpaired) electrons. The highest BCUT2D eigenvalue weighted by molar-refractivity contribution is 5.62. The molecule has 17 heavy (non-hydrogen) atoms. The van der Waals surface area contributed by atoms with Crippen LogP contribution in [0.2, 0.25) is 0 Å². The zero-order valence-corrected chi connectivity index (χ0v) is 10.6. The third-order valence-corrected chi connectivity index (χ3v) is 2.32. The van der Waals surface area contributed by atoms with Crippen molar-refractivity contribution in [3.05, 3.63) is 33.9 Å². The molecular formula is C12H19N3O2. The molecule has 0 unspecified atom stereocenters. The summed E-state index contributed by atoms with van der Waals surface area (Å²) in [7, 11) is 3.88. The van der Waals surface area contributed by atoms with E-state index >= 15 is 0 Å². The monoisotopic (exact) mass is 237 g/mol. The second-order valence-corrected chi connectivity index (χ2v) is 4.27. The molecule has 5 nitrogen and oxygen atoms in total. The molecular weight excluding hydrogens is 218 g/mol. The maximum absolute atomic E-state index is 11.0. The predicted molar refractivity (Wildman–Crippen MR) is 69.3 cm³/mol. The number of hydrogen-bond acceptors (Lipinski definition) is 4. The van der Waals surface area contributed by atoms with E-state index in [2.05, 4.69) is 5.32 Å². The van der Waals surface area contributed by atoms with Gasteiger partial charge in [0.15, 0.2) is 0 Å². The molecule has 1 rings (SSSR count). The van der Waals surface area contributed by atoms with Crippen molar-refractivity contribution in [2.75, 3.05) is 26.0 Å². The van der Waals surface area contributed by atoms with Gasteiger partial charge >= 0.3 is 0 Å². The quantitative estimate of drug-likeness (QED) is 0.610. The molecule has 0 atom stereocenters. The molecule has 5 heteroatoms. The number of nitrogens with zero attached hydrogens (tertiary/aromatic N) is 2. The summed E-state index contributed by atoms with van der Waals surface area (Å²) in [6, 6.07) is 5.34. The minimum atomic E-state index is -0.336. The van der Waals surface area contributed by atoms with Crippen LogP contribution in [0.4, 0.5) is 11.4 Å². The third-order valence-electron chi connectivity index (χ3n) is 2.32. The van der Waals surface area contributed by atoms with E-state index in [9.17, 15) is 10.1 Å². The normalized spacial score (nSPS) is 10.6. The first-order valence-corrected chi connectivity index (χ1v) is 5.70. The number of anilines is 1. The van der Waals surface area contributed by atoms with Gasteiger partial charge in [0.1, 0.15) is 5.69 Å². The van der Waals surface area contributed by atoms with Crippen LogP contribution in [0.25, 0.3) is 0 Å². The van der Waals surface area contributed by atoms with Gasteiger partial charge in [-0.1, -0.05) is 13.0 Å². The summed E-state index contributed by atoms with van der Waals surface area (Å²) in [6.07, 6.45) is 0.941. The Labute approximate surface area is 102 Å². The Hall–Kier alpha value is -1.62. The second kappa shape index (κ2) is 6.20. The fourth-order valence-electron chi connectivity index (χ4n) is 1.60. The minimum absolute atomic E-state index is 0.151. The third kappa shape index (κ3) is 4.03. The molecule has 0 spiro atoms. The maximum atomic E-state index is 11.0. The summed E-state index contributed by atoms with van der Waals surface area (Å²) in [5.74, 6) is 0. The van der Waals surface area contributed by atoms with Crippen molar-refractivity contribution in [3.63, 3.8) is 0 Å². The van der Waals surface area contributed by atoms with Gasteiger partial charge in [-0.2, -0.15) is 0 Å². The van der Waals surface area contributed by atoms with Crippen LogP contribution in [-0.4, -0.2) is 30.5 Å².